The molecule has 0 aromatic carbocycles. The van der Waals surface area contributed by atoms with Crippen molar-refractivity contribution < 1.29 is 5.11 Å². The van der Waals surface area contributed by atoms with Crippen molar-refractivity contribution in [3.05, 3.63) is 0 Å². The molecule has 2 aliphatic heterocycles. The summed E-state index contributed by atoms with van der Waals surface area (Å²) in [7, 11) is 2.12. The molecule has 16 heavy (non-hydrogen) atoms. The highest BCUT2D eigenvalue weighted by molar-refractivity contribution is 4.89. The largest absolute Gasteiger partial charge is 0.387 e. The summed E-state index contributed by atoms with van der Waals surface area (Å²) in [6.07, 6.45) is 7.48. The van der Waals surface area contributed by atoms with Gasteiger partial charge in [0.2, 0.25) is 0 Å². The number of rotatable bonds is 2. The molecule has 0 saturated carbocycles. The van der Waals surface area contributed by atoms with E-state index in [9.17, 15) is 5.11 Å². The van der Waals surface area contributed by atoms with Crippen molar-refractivity contribution in [1.29, 1.82) is 0 Å². The molecule has 3 heteroatoms. The molecule has 3 nitrogen and oxygen atoms in total. The van der Waals surface area contributed by atoms with E-state index >= 15 is 0 Å². The number of hydrogen-bond acceptors (Lipinski definition) is 3. The molecule has 0 bridgehead atoms. The van der Waals surface area contributed by atoms with Gasteiger partial charge >= 0.3 is 0 Å². The van der Waals surface area contributed by atoms with Crippen LogP contribution in [0, 0.1) is 0 Å². The van der Waals surface area contributed by atoms with Crippen molar-refractivity contribution in [3.8, 4) is 0 Å². The Hall–Kier alpha value is -0.120. The maximum absolute atomic E-state index is 10.6. The van der Waals surface area contributed by atoms with Gasteiger partial charge in [-0.3, -0.25) is 0 Å². The fourth-order valence-corrected chi connectivity index (χ4v) is 3.18. The van der Waals surface area contributed by atoms with Gasteiger partial charge in [-0.2, -0.15) is 0 Å². The second kappa shape index (κ2) is 5.48. The summed E-state index contributed by atoms with van der Waals surface area (Å²) in [6.45, 7) is 5.25. The van der Waals surface area contributed by atoms with Gasteiger partial charge in [-0.05, 0) is 52.4 Å². The van der Waals surface area contributed by atoms with Gasteiger partial charge in [0.1, 0.15) is 0 Å². The van der Waals surface area contributed by atoms with Gasteiger partial charge in [0.25, 0.3) is 0 Å². The van der Waals surface area contributed by atoms with Crippen LogP contribution in [0.4, 0.5) is 0 Å². The quantitative estimate of drug-likeness (QED) is 0.769. The second-order valence-electron chi connectivity index (χ2n) is 5.76. The molecule has 0 amide bonds. The summed E-state index contributed by atoms with van der Waals surface area (Å²) in [4.78, 5) is 4.74. The van der Waals surface area contributed by atoms with E-state index in [1.54, 1.807) is 0 Å². The monoisotopic (exact) mass is 226 g/mol. The number of aliphatic hydroxyl groups is 1. The van der Waals surface area contributed by atoms with Crippen LogP contribution in [0.3, 0.4) is 0 Å². The Morgan fingerprint density at radius 3 is 2.31 bits per heavy atom. The summed E-state index contributed by atoms with van der Waals surface area (Å²) < 4.78 is 0. The van der Waals surface area contributed by atoms with Crippen LogP contribution in [0.1, 0.15) is 38.5 Å². The van der Waals surface area contributed by atoms with E-state index in [4.69, 9.17) is 0 Å². The fourth-order valence-electron chi connectivity index (χ4n) is 3.18. The van der Waals surface area contributed by atoms with Gasteiger partial charge in [-0.25, -0.2) is 0 Å². The Bertz CT molecular complexity index is 214. The lowest BCUT2D eigenvalue weighted by Crippen LogP contribution is -2.53. The van der Waals surface area contributed by atoms with Crippen LogP contribution >= 0.6 is 0 Å². The molecule has 0 aromatic heterocycles. The molecule has 2 saturated heterocycles. The summed E-state index contributed by atoms with van der Waals surface area (Å²) in [5.41, 5.74) is -0.447. The van der Waals surface area contributed by atoms with Crippen molar-refractivity contribution in [1.82, 2.24) is 9.80 Å². The molecule has 0 aliphatic carbocycles. The third-order valence-corrected chi connectivity index (χ3v) is 3.96. The molecule has 0 unspecified atom stereocenters. The van der Waals surface area contributed by atoms with E-state index < -0.39 is 5.60 Å². The molecule has 94 valence electrons. The number of likely N-dealkylation sites (N-methyl/N-ethyl adjacent to an activating group) is 1. The molecule has 2 fully saturated rings. The topological polar surface area (TPSA) is 26.7 Å². The highest BCUT2D eigenvalue weighted by Gasteiger charge is 2.33. The minimum absolute atomic E-state index is 0.447. The minimum Gasteiger partial charge on any atom is -0.387 e. The maximum atomic E-state index is 10.6. The SMILES string of the molecule is CN1CCC[C@](O)(CN2CCCCCC2)C1. The van der Waals surface area contributed by atoms with Crippen molar-refractivity contribution in [2.75, 3.05) is 39.8 Å². The van der Waals surface area contributed by atoms with Gasteiger partial charge in [0.15, 0.2) is 0 Å². The first-order chi connectivity index (χ1) is 7.68. The first-order valence-corrected chi connectivity index (χ1v) is 6.81. The van der Waals surface area contributed by atoms with E-state index in [0.29, 0.717) is 0 Å². The molecular weight excluding hydrogens is 200 g/mol. The average Bonchev–Trinajstić information content (AvgIpc) is 2.45. The molecule has 1 N–H and O–H groups in total. The zero-order chi connectivity index (χ0) is 11.4. The van der Waals surface area contributed by atoms with Crippen molar-refractivity contribution in [2.24, 2.45) is 0 Å². The summed E-state index contributed by atoms with van der Waals surface area (Å²) in [6, 6.07) is 0. The standard InChI is InChI=1S/C13H26N2O/c1-14-8-6-7-13(16,11-14)12-15-9-4-2-3-5-10-15/h16H,2-12H2,1H3/t13-/m1/s1. The lowest BCUT2D eigenvalue weighted by Gasteiger charge is -2.40. The smallest absolute Gasteiger partial charge is 0.0900 e. The molecule has 1 atom stereocenters. The number of hydrogen-bond donors (Lipinski definition) is 1. The Morgan fingerprint density at radius 2 is 1.69 bits per heavy atom. The minimum atomic E-state index is -0.447. The molecular formula is C13H26N2O. The van der Waals surface area contributed by atoms with Crippen LogP contribution in [-0.4, -0.2) is 60.3 Å². The summed E-state index contributed by atoms with van der Waals surface area (Å²) in [5, 5.41) is 10.6. The van der Waals surface area contributed by atoms with Gasteiger partial charge in [-0.1, -0.05) is 12.8 Å². The normalized spacial score (nSPS) is 34.9. The van der Waals surface area contributed by atoms with E-state index in [1.807, 2.05) is 0 Å². The molecule has 2 rings (SSSR count). The van der Waals surface area contributed by atoms with Crippen LogP contribution in [0.5, 0.6) is 0 Å². The van der Waals surface area contributed by atoms with E-state index in [-0.39, 0.29) is 0 Å². The third kappa shape index (κ3) is 3.44. The van der Waals surface area contributed by atoms with Crippen LogP contribution < -0.4 is 0 Å². The van der Waals surface area contributed by atoms with E-state index in [2.05, 4.69) is 16.8 Å². The lowest BCUT2D eigenvalue weighted by atomic mass is 9.92. The zero-order valence-corrected chi connectivity index (χ0v) is 10.6. The molecule has 2 heterocycles. The average molecular weight is 226 g/mol. The van der Waals surface area contributed by atoms with Gasteiger partial charge < -0.3 is 14.9 Å². The number of likely N-dealkylation sites (tertiary alicyclic amines) is 2. The van der Waals surface area contributed by atoms with Crippen LogP contribution in [0.25, 0.3) is 0 Å². The first kappa shape index (κ1) is 12.3. The Morgan fingerprint density at radius 1 is 1.00 bits per heavy atom. The summed E-state index contributed by atoms with van der Waals surface area (Å²) in [5.74, 6) is 0. The van der Waals surface area contributed by atoms with Crippen LogP contribution in [0.2, 0.25) is 0 Å². The zero-order valence-electron chi connectivity index (χ0n) is 10.6. The Kier molecular flexibility index (Phi) is 4.22. The van der Waals surface area contributed by atoms with Gasteiger partial charge in [-0.15, -0.1) is 0 Å². The van der Waals surface area contributed by atoms with Crippen molar-refractivity contribution in [3.63, 3.8) is 0 Å². The Balaban J connectivity index is 1.86. The first-order valence-electron chi connectivity index (χ1n) is 6.81. The highest BCUT2D eigenvalue weighted by atomic mass is 16.3. The predicted octanol–water partition coefficient (Wildman–Crippen LogP) is 1.32. The molecule has 2 aliphatic rings. The fraction of sp³-hybridized carbons (Fsp3) is 1.00. The van der Waals surface area contributed by atoms with Crippen LogP contribution in [-0.2, 0) is 0 Å². The van der Waals surface area contributed by atoms with E-state index in [0.717, 1.165) is 32.5 Å². The van der Waals surface area contributed by atoms with Gasteiger partial charge in [0.05, 0.1) is 5.60 Å². The maximum Gasteiger partial charge on any atom is 0.0900 e. The number of piperidine rings is 1. The highest BCUT2D eigenvalue weighted by Crippen LogP contribution is 2.22. The molecule has 0 radical (unpaired) electrons. The number of β-amino-alcohol motifs (C(OH)–C–C–N with tert-alkyl or cyclic N) is 1. The second-order valence-corrected chi connectivity index (χ2v) is 5.76. The third-order valence-electron chi connectivity index (χ3n) is 3.96. The lowest BCUT2D eigenvalue weighted by molar-refractivity contribution is -0.0465. The van der Waals surface area contributed by atoms with Crippen molar-refractivity contribution >= 4 is 0 Å². The van der Waals surface area contributed by atoms with Crippen LogP contribution in [0.15, 0.2) is 0 Å². The van der Waals surface area contributed by atoms with Gasteiger partial charge in [0, 0.05) is 13.1 Å². The Labute approximate surface area is 99.4 Å². The number of nitrogens with zero attached hydrogens (tertiary/aromatic N) is 2. The van der Waals surface area contributed by atoms with Crippen molar-refractivity contribution in [2.45, 2.75) is 44.1 Å². The molecule has 0 aromatic rings. The van der Waals surface area contributed by atoms with E-state index in [1.165, 1.54) is 38.8 Å². The predicted molar refractivity (Wildman–Crippen MR) is 66.6 cm³/mol. The molecule has 0 spiro atoms. The summed E-state index contributed by atoms with van der Waals surface area (Å²) >= 11 is 0.